The SMILES string of the molecule is CC(C)(C)OC(=O)N1CCC(c2ccc(NC(c3ccc(Br)cn3)C(F)(F)F)cc2)C1. The lowest BCUT2D eigenvalue weighted by Gasteiger charge is -2.24. The zero-order chi connectivity index (χ0) is 22.8. The number of anilines is 1. The van der Waals surface area contributed by atoms with Crippen LogP contribution >= 0.6 is 15.9 Å². The Balaban J connectivity index is 1.67. The number of likely N-dealkylation sites (tertiary alicyclic amines) is 1. The van der Waals surface area contributed by atoms with Gasteiger partial charge in [0.1, 0.15) is 5.60 Å². The molecule has 2 atom stereocenters. The van der Waals surface area contributed by atoms with Crippen molar-refractivity contribution in [2.45, 2.75) is 50.9 Å². The molecule has 31 heavy (non-hydrogen) atoms. The molecule has 2 unspecified atom stereocenters. The number of amides is 1. The quantitative estimate of drug-likeness (QED) is 0.537. The van der Waals surface area contributed by atoms with Crippen LogP contribution in [0.1, 0.15) is 50.4 Å². The first-order chi connectivity index (χ1) is 14.4. The van der Waals surface area contributed by atoms with Crippen molar-refractivity contribution in [3.63, 3.8) is 0 Å². The molecule has 0 radical (unpaired) electrons. The average molecular weight is 500 g/mol. The summed E-state index contributed by atoms with van der Waals surface area (Å²) in [4.78, 5) is 17.8. The fourth-order valence-electron chi connectivity index (χ4n) is 3.42. The third-order valence-electron chi connectivity index (χ3n) is 4.91. The number of alkyl halides is 3. The van der Waals surface area contributed by atoms with Gasteiger partial charge in [-0.25, -0.2) is 4.79 Å². The fourth-order valence-corrected chi connectivity index (χ4v) is 3.66. The number of ether oxygens (including phenoxy) is 1. The maximum absolute atomic E-state index is 13.6. The third-order valence-corrected chi connectivity index (χ3v) is 5.38. The van der Waals surface area contributed by atoms with E-state index >= 15 is 0 Å². The first-order valence-corrected chi connectivity index (χ1v) is 10.7. The number of hydrogen-bond acceptors (Lipinski definition) is 4. The lowest BCUT2D eigenvalue weighted by Crippen LogP contribution is -2.35. The number of halogens is 4. The molecule has 3 rings (SSSR count). The normalized spacial score (nSPS) is 18.0. The number of hydrogen-bond donors (Lipinski definition) is 1. The minimum absolute atomic E-state index is 0.108. The van der Waals surface area contributed by atoms with Crippen molar-refractivity contribution < 1.29 is 22.7 Å². The Morgan fingerprint density at radius 1 is 1.19 bits per heavy atom. The molecular weight excluding hydrogens is 475 g/mol. The van der Waals surface area contributed by atoms with Gasteiger partial charge in [-0.05, 0) is 73.0 Å². The molecule has 1 aromatic carbocycles. The van der Waals surface area contributed by atoms with Crippen molar-refractivity contribution in [3.05, 3.63) is 58.3 Å². The predicted molar refractivity (Wildman–Crippen MR) is 116 cm³/mol. The molecule has 1 saturated heterocycles. The molecule has 1 N–H and O–H groups in total. The van der Waals surface area contributed by atoms with E-state index in [4.69, 9.17) is 4.74 Å². The van der Waals surface area contributed by atoms with E-state index in [0.29, 0.717) is 23.2 Å². The number of nitrogens with zero attached hydrogens (tertiary/aromatic N) is 2. The van der Waals surface area contributed by atoms with Crippen LogP contribution in [0.4, 0.5) is 23.7 Å². The summed E-state index contributed by atoms with van der Waals surface area (Å²) in [6.45, 7) is 6.58. The fraction of sp³-hybridized carbons (Fsp3) is 0.455. The molecular formula is C22H25BrF3N3O2. The van der Waals surface area contributed by atoms with Crippen molar-refractivity contribution in [3.8, 4) is 0 Å². The number of aromatic nitrogens is 1. The van der Waals surface area contributed by atoms with Crippen molar-refractivity contribution in [2.75, 3.05) is 18.4 Å². The van der Waals surface area contributed by atoms with Crippen LogP contribution in [-0.2, 0) is 4.74 Å². The number of pyridine rings is 1. The maximum atomic E-state index is 13.6. The summed E-state index contributed by atoms with van der Waals surface area (Å²) in [5, 5.41) is 2.54. The molecule has 5 nitrogen and oxygen atoms in total. The monoisotopic (exact) mass is 499 g/mol. The highest BCUT2D eigenvalue weighted by atomic mass is 79.9. The van der Waals surface area contributed by atoms with Crippen LogP contribution in [0.15, 0.2) is 47.1 Å². The van der Waals surface area contributed by atoms with Crippen LogP contribution in [-0.4, -0.2) is 40.8 Å². The average Bonchev–Trinajstić information content (AvgIpc) is 3.16. The highest BCUT2D eigenvalue weighted by Gasteiger charge is 2.42. The molecule has 168 valence electrons. The van der Waals surface area contributed by atoms with Crippen LogP contribution in [0.3, 0.4) is 0 Å². The van der Waals surface area contributed by atoms with Crippen LogP contribution in [0.25, 0.3) is 0 Å². The summed E-state index contributed by atoms with van der Waals surface area (Å²) in [5.41, 5.74) is 0.657. The second-order valence-corrected chi connectivity index (χ2v) is 9.47. The van der Waals surface area contributed by atoms with Gasteiger partial charge < -0.3 is 15.0 Å². The molecule has 1 aromatic heterocycles. The standard InChI is InChI=1S/C22H25BrF3N3O2/c1-21(2,3)31-20(30)29-11-10-15(13-29)14-4-7-17(8-5-14)28-19(22(24,25)26)18-9-6-16(23)12-27-18/h4-9,12,15,19,28H,10-11,13H2,1-3H3. The molecule has 0 bridgehead atoms. The Hall–Kier alpha value is -2.29. The first-order valence-electron chi connectivity index (χ1n) is 9.95. The number of rotatable bonds is 4. The lowest BCUT2D eigenvalue weighted by molar-refractivity contribution is -0.144. The van der Waals surface area contributed by atoms with E-state index in [1.807, 2.05) is 20.8 Å². The van der Waals surface area contributed by atoms with Crippen LogP contribution in [0, 0.1) is 0 Å². The zero-order valence-corrected chi connectivity index (χ0v) is 19.1. The summed E-state index contributed by atoms with van der Waals surface area (Å²) >= 11 is 3.18. The van der Waals surface area contributed by atoms with Gasteiger partial charge in [0, 0.05) is 35.4 Å². The molecule has 1 fully saturated rings. The Morgan fingerprint density at radius 3 is 2.42 bits per heavy atom. The number of carbonyl (C=O) groups is 1. The van der Waals surface area contributed by atoms with Crippen molar-refractivity contribution in [1.29, 1.82) is 0 Å². The van der Waals surface area contributed by atoms with E-state index in [1.54, 1.807) is 29.2 Å². The van der Waals surface area contributed by atoms with E-state index in [9.17, 15) is 18.0 Å². The first kappa shape index (κ1) is 23.4. The molecule has 1 aliphatic heterocycles. The van der Waals surface area contributed by atoms with Gasteiger partial charge in [0.15, 0.2) is 6.04 Å². The van der Waals surface area contributed by atoms with E-state index in [1.165, 1.54) is 18.3 Å². The highest BCUT2D eigenvalue weighted by molar-refractivity contribution is 9.10. The summed E-state index contributed by atoms with van der Waals surface area (Å²) in [5.74, 6) is 0.119. The maximum Gasteiger partial charge on any atom is 0.414 e. The Kier molecular flexibility index (Phi) is 6.83. The van der Waals surface area contributed by atoms with Gasteiger partial charge in [0.05, 0.1) is 5.69 Å². The number of nitrogens with one attached hydrogen (secondary N) is 1. The van der Waals surface area contributed by atoms with Gasteiger partial charge in [-0.1, -0.05) is 12.1 Å². The zero-order valence-electron chi connectivity index (χ0n) is 17.5. The third kappa shape index (κ3) is 6.35. The number of benzene rings is 1. The molecule has 0 saturated carbocycles. The lowest BCUT2D eigenvalue weighted by atomic mass is 9.98. The Morgan fingerprint density at radius 2 is 1.87 bits per heavy atom. The smallest absolute Gasteiger partial charge is 0.414 e. The molecule has 2 heterocycles. The van der Waals surface area contributed by atoms with Gasteiger partial charge in [0.25, 0.3) is 0 Å². The summed E-state index contributed by atoms with van der Waals surface area (Å²) in [6, 6.07) is 7.81. The Bertz CT molecular complexity index is 896. The highest BCUT2D eigenvalue weighted by Crippen LogP contribution is 2.36. The van der Waals surface area contributed by atoms with Crippen molar-refractivity contribution >= 4 is 27.7 Å². The van der Waals surface area contributed by atoms with Crippen LogP contribution < -0.4 is 5.32 Å². The summed E-state index contributed by atoms with van der Waals surface area (Å²) in [6.07, 6.45) is -2.72. The molecule has 2 aromatic rings. The van der Waals surface area contributed by atoms with Crippen LogP contribution in [0.2, 0.25) is 0 Å². The number of carbonyl (C=O) groups excluding carboxylic acids is 1. The van der Waals surface area contributed by atoms with Crippen molar-refractivity contribution in [1.82, 2.24) is 9.88 Å². The van der Waals surface area contributed by atoms with Gasteiger partial charge in [-0.2, -0.15) is 13.2 Å². The van der Waals surface area contributed by atoms with Gasteiger partial charge in [0.2, 0.25) is 0 Å². The second-order valence-electron chi connectivity index (χ2n) is 8.55. The minimum Gasteiger partial charge on any atom is -0.444 e. The molecule has 1 amide bonds. The largest absolute Gasteiger partial charge is 0.444 e. The van der Waals surface area contributed by atoms with Crippen LogP contribution in [0.5, 0.6) is 0 Å². The van der Waals surface area contributed by atoms with E-state index < -0.39 is 17.8 Å². The van der Waals surface area contributed by atoms with Crippen molar-refractivity contribution in [2.24, 2.45) is 0 Å². The molecule has 1 aliphatic rings. The summed E-state index contributed by atoms with van der Waals surface area (Å²) in [7, 11) is 0. The van der Waals surface area contributed by atoms with Gasteiger partial charge in [-0.3, -0.25) is 4.98 Å². The van der Waals surface area contributed by atoms with E-state index in [-0.39, 0.29) is 17.7 Å². The van der Waals surface area contributed by atoms with Gasteiger partial charge >= 0.3 is 12.3 Å². The van der Waals surface area contributed by atoms with E-state index in [2.05, 4.69) is 26.2 Å². The topological polar surface area (TPSA) is 54.5 Å². The molecule has 9 heteroatoms. The molecule has 0 aliphatic carbocycles. The predicted octanol–water partition coefficient (Wildman–Crippen LogP) is 6.28. The second kappa shape index (κ2) is 9.06. The summed E-state index contributed by atoms with van der Waals surface area (Å²) < 4.78 is 46.8. The van der Waals surface area contributed by atoms with E-state index in [0.717, 1.165) is 12.0 Å². The van der Waals surface area contributed by atoms with Gasteiger partial charge in [-0.15, -0.1) is 0 Å². The molecule has 0 spiro atoms. The Labute approximate surface area is 188 Å². The minimum atomic E-state index is -4.50.